The molecule has 0 unspecified atom stereocenters. The number of hydrogen-bond acceptors (Lipinski definition) is 4. The van der Waals surface area contributed by atoms with Crippen LogP contribution < -0.4 is 5.32 Å². The lowest BCUT2D eigenvalue weighted by atomic mass is 10.3. The molecule has 2 heterocycles. The molecule has 0 aliphatic heterocycles. The second kappa shape index (κ2) is 8.46. The first-order chi connectivity index (χ1) is 10.3. The fourth-order valence-electron chi connectivity index (χ4n) is 1.81. The van der Waals surface area contributed by atoms with Gasteiger partial charge in [0.15, 0.2) is 5.16 Å². The molecule has 6 heteroatoms. The van der Waals surface area contributed by atoms with Gasteiger partial charge in [0, 0.05) is 25.1 Å². The van der Waals surface area contributed by atoms with Crippen molar-refractivity contribution in [3.8, 4) is 0 Å². The first-order valence-electron chi connectivity index (χ1n) is 7.10. The van der Waals surface area contributed by atoms with Crippen molar-refractivity contribution in [2.45, 2.75) is 31.5 Å². The molecule has 0 aliphatic carbocycles. The number of rotatable bonds is 8. The maximum atomic E-state index is 11.7. The van der Waals surface area contributed by atoms with E-state index in [0.717, 1.165) is 30.2 Å². The number of thioether (sulfide) groups is 1. The lowest BCUT2D eigenvalue weighted by molar-refractivity contribution is -0.118. The predicted octanol–water partition coefficient (Wildman–Crippen LogP) is 2.33. The number of nitrogens with one attached hydrogen (secondary N) is 1. The highest BCUT2D eigenvalue weighted by atomic mass is 32.2. The van der Waals surface area contributed by atoms with E-state index in [0.29, 0.717) is 12.3 Å². The Hall–Kier alpha value is -1.82. The number of unbranched alkanes of at least 4 members (excludes halogenated alkanes) is 1. The molecule has 0 radical (unpaired) electrons. The van der Waals surface area contributed by atoms with Crippen molar-refractivity contribution in [1.29, 1.82) is 0 Å². The molecule has 0 aliphatic rings. The Morgan fingerprint density at radius 3 is 3.00 bits per heavy atom. The van der Waals surface area contributed by atoms with Crippen LogP contribution in [0.4, 0.5) is 0 Å². The summed E-state index contributed by atoms with van der Waals surface area (Å²) in [4.78, 5) is 20.3. The standard InChI is InChI=1S/C15H20N4OS/c1-2-3-7-17-14(20)12-21-15-18-9-10-19(15)11-13-6-4-5-8-16-13/h4-6,8-10H,2-3,7,11-12H2,1H3,(H,17,20). The van der Waals surface area contributed by atoms with E-state index in [9.17, 15) is 4.79 Å². The summed E-state index contributed by atoms with van der Waals surface area (Å²) in [6.07, 6.45) is 7.54. The van der Waals surface area contributed by atoms with Crippen LogP contribution in [0.3, 0.4) is 0 Å². The summed E-state index contributed by atoms with van der Waals surface area (Å²) in [5.74, 6) is 0.448. The van der Waals surface area contributed by atoms with Crippen LogP contribution in [0.1, 0.15) is 25.5 Å². The quantitative estimate of drug-likeness (QED) is 0.601. The molecule has 0 fully saturated rings. The molecule has 1 amide bonds. The average molecular weight is 304 g/mol. The summed E-state index contributed by atoms with van der Waals surface area (Å²) in [7, 11) is 0. The van der Waals surface area contributed by atoms with E-state index in [4.69, 9.17) is 0 Å². The van der Waals surface area contributed by atoms with Gasteiger partial charge in [0.2, 0.25) is 5.91 Å². The molecular weight excluding hydrogens is 284 g/mol. The van der Waals surface area contributed by atoms with Crippen molar-refractivity contribution in [1.82, 2.24) is 19.9 Å². The van der Waals surface area contributed by atoms with E-state index in [-0.39, 0.29) is 5.91 Å². The molecular formula is C15H20N4OS. The monoisotopic (exact) mass is 304 g/mol. The van der Waals surface area contributed by atoms with Gasteiger partial charge in [0.1, 0.15) is 0 Å². The Balaban J connectivity index is 1.84. The molecule has 2 rings (SSSR count). The molecule has 0 bridgehead atoms. The van der Waals surface area contributed by atoms with E-state index in [1.807, 2.05) is 29.0 Å². The molecule has 0 spiro atoms. The van der Waals surface area contributed by atoms with Crippen molar-refractivity contribution >= 4 is 17.7 Å². The number of hydrogen-bond donors (Lipinski definition) is 1. The molecule has 1 N–H and O–H groups in total. The molecule has 0 atom stereocenters. The third-order valence-electron chi connectivity index (χ3n) is 2.92. The molecule has 112 valence electrons. The smallest absolute Gasteiger partial charge is 0.230 e. The summed E-state index contributed by atoms with van der Waals surface area (Å²) in [6.45, 7) is 3.52. The largest absolute Gasteiger partial charge is 0.355 e. The Labute approximate surface area is 129 Å². The number of nitrogens with zero attached hydrogens (tertiary/aromatic N) is 3. The minimum atomic E-state index is 0.0563. The lowest BCUT2D eigenvalue weighted by Crippen LogP contribution is -2.26. The van der Waals surface area contributed by atoms with Crippen molar-refractivity contribution in [3.05, 3.63) is 42.5 Å². The highest BCUT2D eigenvalue weighted by Gasteiger charge is 2.08. The first-order valence-corrected chi connectivity index (χ1v) is 8.08. The number of carbonyl (C=O) groups is 1. The number of carbonyl (C=O) groups excluding carboxylic acids is 1. The van der Waals surface area contributed by atoms with Gasteiger partial charge in [-0.3, -0.25) is 9.78 Å². The van der Waals surface area contributed by atoms with Crippen LogP contribution in [0.15, 0.2) is 41.9 Å². The van der Waals surface area contributed by atoms with Crippen LogP contribution in [0, 0.1) is 0 Å². The molecule has 2 aromatic rings. The second-order valence-electron chi connectivity index (χ2n) is 4.65. The van der Waals surface area contributed by atoms with Gasteiger partial charge >= 0.3 is 0 Å². The summed E-state index contributed by atoms with van der Waals surface area (Å²) < 4.78 is 2.01. The van der Waals surface area contributed by atoms with E-state index in [2.05, 4.69) is 22.2 Å². The van der Waals surface area contributed by atoms with Gasteiger partial charge in [0.25, 0.3) is 0 Å². The van der Waals surface area contributed by atoms with E-state index >= 15 is 0 Å². The fraction of sp³-hybridized carbons (Fsp3) is 0.400. The van der Waals surface area contributed by atoms with Crippen LogP contribution in [0.2, 0.25) is 0 Å². The Morgan fingerprint density at radius 2 is 2.24 bits per heavy atom. The average Bonchev–Trinajstić information content (AvgIpc) is 2.94. The predicted molar refractivity (Wildman–Crippen MR) is 84.2 cm³/mol. The van der Waals surface area contributed by atoms with Crippen molar-refractivity contribution < 1.29 is 4.79 Å². The van der Waals surface area contributed by atoms with Crippen molar-refractivity contribution in [2.75, 3.05) is 12.3 Å². The van der Waals surface area contributed by atoms with Gasteiger partial charge in [-0.2, -0.15) is 0 Å². The number of pyridine rings is 1. The zero-order valence-electron chi connectivity index (χ0n) is 12.2. The van der Waals surface area contributed by atoms with Gasteiger partial charge in [-0.1, -0.05) is 31.2 Å². The minimum Gasteiger partial charge on any atom is -0.355 e. The molecule has 21 heavy (non-hydrogen) atoms. The van der Waals surface area contributed by atoms with E-state index in [1.54, 1.807) is 12.4 Å². The second-order valence-corrected chi connectivity index (χ2v) is 5.59. The number of imidazole rings is 1. The van der Waals surface area contributed by atoms with Crippen LogP contribution in [-0.4, -0.2) is 32.7 Å². The van der Waals surface area contributed by atoms with E-state index in [1.165, 1.54) is 11.8 Å². The summed E-state index contributed by atoms with van der Waals surface area (Å²) in [5, 5.41) is 3.75. The van der Waals surface area contributed by atoms with Crippen molar-refractivity contribution in [3.63, 3.8) is 0 Å². The summed E-state index contributed by atoms with van der Waals surface area (Å²) >= 11 is 1.45. The Morgan fingerprint density at radius 1 is 1.33 bits per heavy atom. The zero-order chi connectivity index (χ0) is 14.9. The first kappa shape index (κ1) is 15.6. The summed E-state index contributed by atoms with van der Waals surface area (Å²) in [5.41, 5.74) is 0.977. The lowest BCUT2D eigenvalue weighted by Gasteiger charge is -2.07. The van der Waals surface area contributed by atoms with Crippen molar-refractivity contribution in [2.24, 2.45) is 0 Å². The highest BCUT2D eigenvalue weighted by Crippen LogP contribution is 2.16. The maximum Gasteiger partial charge on any atom is 0.230 e. The number of amides is 1. The third-order valence-corrected chi connectivity index (χ3v) is 3.93. The van der Waals surface area contributed by atoms with Gasteiger partial charge in [-0.05, 0) is 18.6 Å². The topological polar surface area (TPSA) is 59.8 Å². The van der Waals surface area contributed by atoms with Crippen LogP contribution >= 0.6 is 11.8 Å². The maximum absolute atomic E-state index is 11.7. The van der Waals surface area contributed by atoms with Crippen LogP contribution in [-0.2, 0) is 11.3 Å². The Kier molecular flexibility index (Phi) is 6.27. The molecule has 2 aromatic heterocycles. The highest BCUT2D eigenvalue weighted by molar-refractivity contribution is 7.99. The normalized spacial score (nSPS) is 10.5. The fourth-order valence-corrected chi connectivity index (χ4v) is 2.60. The molecule has 0 aromatic carbocycles. The SMILES string of the molecule is CCCCNC(=O)CSc1nccn1Cc1ccccn1. The zero-order valence-corrected chi connectivity index (χ0v) is 13.0. The van der Waals surface area contributed by atoms with E-state index < -0.39 is 0 Å². The molecule has 0 saturated heterocycles. The van der Waals surface area contributed by atoms with Gasteiger partial charge in [0.05, 0.1) is 18.0 Å². The molecule has 5 nitrogen and oxygen atoms in total. The van der Waals surface area contributed by atoms with Gasteiger partial charge < -0.3 is 9.88 Å². The summed E-state index contributed by atoms with van der Waals surface area (Å²) in [6, 6.07) is 5.84. The Bertz CT molecular complexity index is 556. The molecule has 0 saturated carbocycles. The van der Waals surface area contributed by atoms with Gasteiger partial charge in [-0.25, -0.2) is 4.98 Å². The van der Waals surface area contributed by atoms with Gasteiger partial charge in [-0.15, -0.1) is 0 Å². The van der Waals surface area contributed by atoms with Crippen LogP contribution in [0.25, 0.3) is 0 Å². The number of aromatic nitrogens is 3. The third kappa shape index (κ3) is 5.23. The minimum absolute atomic E-state index is 0.0563. The van der Waals surface area contributed by atoms with Crippen LogP contribution in [0.5, 0.6) is 0 Å².